The third-order valence-electron chi connectivity index (χ3n) is 3.03. The molecule has 0 heterocycles. The van der Waals surface area contributed by atoms with Gasteiger partial charge in [0.25, 0.3) is 0 Å². The lowest BCUT2D eigenvalue weighted by molar-refractivity contribution is 0.177. The summed E-state index contributed by atoms with van der Waals surface area (Å²) in [5.74, 6) is 0. The van der Waals surface area contributed by atoms with E-state index in [2.05, 4.69) is 6.92 Å². The monoisotopic (exact) mass is 156 g/mol. The molecule has 0 aromatic heterocycles. The van der Waals surface area contributed by atoms with Crippen LogP contribution in [0, 0.1) is 5.41 Å². The molecule has 0 saturated heterocycles. The summed E-state index contributed by atoms with van der Waals surface area (Å²) in [7, 11) is 0. The van der Waals surface area contributed by atoms with Gasteiger partial charge in [-0.25, -0.2) is 0 Å². The molecular weight excluding hydrogens is 136 g/mol. The van der Waals surface area contributed by atoms with Crippen LogP contribution in [0.15, 0.2) is 0 Å². The minimum atomic E-state index is 0.372. The molecule has 1 aliphatic rings. The van der Waals surface area contributed by atoms with E-state index >= 15 is 0 Å². The molecular formula is C10H20O. The van der Waals surface area contributed by atoms with Crippen molar-refractivity contribution in [1.82, 2.24) is 0 Å². The van der Waals surface area contributed by atoms with Gasteiger partial charge in [-0.05, 0) is 24.7 Å². The summed E-state index contributed by atoms with van der Waals surface area (Å²) in [6, 6.07) is 0. The summed E-state index contributed by atoms with van der Waals surface area (Å²) < 4.78 is 0. The lowest BCUT2D eigenvalue weighted by Gasteiger charge is -2.26. The maximum atomic E-state index is 8.88. The van der Waals surface area contributed by atoms with Crippen molar-refractivity contribution in [3.05, 3.63) is 0 Å². The maximum Gasteiger partial charge on any atom is 0.0436 e. The highest BCUT2D eigenvalue weighted by Crippen LogP contribution is 2.36. The number of hydrogen-bond donors (Lipinski definition) is 1. The van der Waals surface area contributed by atoms with Gasteiger partial charge in [0.2, 0.25) is 0 Å². The number of aliphatic hydroxyl groups is 1. The van der Waals surface area contributed by atoms with Crippen molar-refractivity contribution in [3.8, 4) is 0 Å². The zero-order valence-corrected chi connectivity index (χ0v) is 7.60. The quantitative estimate of drug-likeness (QED) is 0.609. The third kappa shape index (κ3) is 2.82. The molecule has 1 rings (SSSR count). The summed E-state index contributed by atoms with van der Waals surface area (Å²) in [6.07, 6.45) is 9.21. The van der Waals surface area contributed by atoms with Crippen molar-refractivity contribution in [1.29, 1.82) is 0 Å². The third-order valence-corrected chi connectivity index (χ3v) is 3.03. The minimum Gasteiger partial charge on any atom is -0.396 e. The molecule has 0 aromatic rings. The van der Waals surface area contributed by atoms with E-state index in [1.54, 1.807) is 0 Å². The van der Waals surface area contributed by atoms with Crippen molar-refractivity contribution in [2.24, 2.45) is 5.41 Å². The summed E-state index contributed by atoms with van der Waals surface area (Å²) in [5.41, 5.74) is 0.464. The maximum absolute atomic E-state index is 8.88. The van der Waals surface area contributed by atoms with Crippen molar-refractivity contribution < 1.29 is 5.11 Å². The molecule has 0 aliphatic heterocycles. The average Bonchev–Trinajstić information content (AvgIpc) is 2.15. The second kappa shape index (κ2) is 4.10. The van der Waals surface area contributed by atoms with Crippen molar-refractivity contribution in [3.63, 3.8) is 0 Å². The molecule has 0 bridgehead atoms. The molecule has 1 fully saturated rings. The predicted molar refractivity (Wildman–Crippen MR) is 47.5 cm³/mol. The first-order chi connectivity index (χ1) is 5.27. The Kier molecular flexibility index (Phi) is 3.38. The number of hydrogen-bond acceptors (Lipinski definition) is 1. The summed E-state index contributed by atoms with van der Waals surface area (Å²) in [5, 5.41) is 8.88. The van der Waals surface area contributed by atoms with E-state index in [-0.39, 0.29) is 0 Å². The second-order valence-corrected chi connectivity index (χ2v) is 4.20. The zero-order valence-electron chi connectivity index (χ0n) is 7.60. The van der Waals surface area contributed by atoms with E-state index in [0.29, 0.717) is 12.0 Å². The van der Waals surface area contributed by atoms with Crippen LogP contribution in [0.5, 0.6) is 0 Å². The molecule has 0 unspecified atom stereocenters. The number of aliphatic hydroxyl groups excluding tert-OH is 1. The Hall–Kier alpha value is -0.0400. The molecule has 0 radical (unpaired) electrons. The van der Waals surface area contributed by atoms with Gasteiger partial charge in [0.05, 0.1) is 0 Å². The van der Waals surface area contributed by atoms with Crippen LogP contribution in [0.25, 0.3) is 0 Å². The molecule has 11 heavy (non-hydrogen) atoms. The van der Waals surface area contributed by atoms with E-state index in [0.717, 1.165) is 6.42 Å². The van der Waals surface area contributed by atoms with Crippen LogP contribution >= 0.6 is 0 Å². The van der Waals surface area contributed by atoms with Gasteiger partial charge in [0, 0.05) is 6.61 Å². The van der Waals surface area contributed by atoms with Crippen molar-refractivity contribution >= 4 is 0 Å². The highest BCUT2D eigenvalue weighted by molar-refractivity contribution is 4.76. The van der Waals surface area contributed by atoms with Crippen LogP contribution in [0.1, 0.15) is 51.9 Å². The molecule has 0 atom stereocenters. The largest absolute Gasteiger partial charge is 0.396 e. The summed E-state index contributed by atoms with van der Waals surface area (Å²) in [6.45, 7) is 2.70. The van der Waals surface area contributed by atoms with Crippen LogP contribution in [-0.2, 0) is 0 Å². The minimum absolute atomic E-state index is 0.372. The molecule has 1 saturated carbocycles. The van der Waals surface area contributed by atoms with Crippen LogP contribution in [0.2, 0.25) is 0 Å². The molecule has 1 heteroatoms. The summed E-state index contributed by atoms with van der Waals surface area (Å²) >= 11 is 0. The average molecular weight is 156 g/mol. The first kappa shape index (κ1) is 9.05. The normalized spacial score (nSPS) is 24.5. The van der Waals surface area contributed by atoms with Gasteiger partial charge in [-0.2, -0.15) is 0 Å². The van der Waals surface area contributed by atoms with Crippen LogP contribution in [0.4, 0.5) is 0 Å². The zero-order chi connectivity index (χ0) is 8.16. The van der Waals surface area contributed by atoms with E-state index in [4.69, 9.17) is 5.11 Å². The van der Waals surface area contributed by atoms with Gasteiger partial charge in [0.15, 0.2) is 0 Å². The number of rotatable bonds is 2. The Morgan fingerprint density at radius 3 is 2.09 bits per heavy atom. The lowest BCUT2D eigenvalue weighted by atomic mass is 9.80. The van der Waals surface area contributed by atoms with Gasteiger partial charge < -0.3 is 5.11 Å². The van der Waals surface area contributed by atoms with Gasteiger partial charge in [-0.1, -0.05) is 32.6 Å². The molecule has 1 N–H and O–H groups in total. The fraction of sp³-hybridized carbons (Fsp3) is 1.00. The summed E-state index contributed by atoms with van der Waals surface area (Å²) in [4.78, 5) is 0. The van der Waals surface area contributed by atoms with E-state index in [1.807, 2.05) is 0 Å². The van der Waals surface area contributed by atoms with E-state index < -0.39 is 0 Å². The van der Waals surface area contributed by atoms with Gasteiger partial charge in [-0.3, -0.25) is 0 Å². The highest BCUT2D eigenvalue weighted by atomic mass is 16.3. The fourth-order valence-corrected chi connectivity index (χ4v) is 2.10. The molecule has 0 amide bonds. The van der Waals surface area contributed by atoms with Crippen molar-refractivity contribution in [2.45, 2.75) is 51.9 Å². The second-order valence-electron chi connectivity index (χ2n) is 4.20. The predicted octanol–water partition coefficient (Wildman–Crippen LogP) is 2.73. The Labute approximate surface area is 69.8 Å². The van der Waals surface area contributed by atoms with Crippen LogP contribution < -0.4 is 0 Å². The topological polar surface area (TPSA) is 20.2 Å². The molecule has 66 valence electrons. The first-order valence-electron chi connectivity index (χ1n) is 4.88. The van der Waals surface area contributed by atoms with Crippen LogP contribution in [0.3, 0.4) is 0 Å². The Balaban J connectivity index is 2.38. The molecule has 1 nitrogen and oxygen atoms in total. The smallest absolute Gasteiger partial charge is 0.0436 e. The molecule has 0 aromatic carbocycles. The Bertz CT molecular complexity index is 101. The molecule has 1 aliphatic carbocycles. The van der Waals surface area contributed by atoms with Crippen molar-refractivity contribution in [2.75, 3.05) is 6.61 Å². The molecule has 0 spiro atoms. The first-order valence-corrected chi connectivity index (χ1v) is 4.88. The van der Waals surface area contributed by atoms with E-state index in [1.165, 1.54) is 38.5 Å². The van der Waals surface area contributed by atoms with Gasteiger partial charge >= 0.3 is 0 Å². The lowest BCUT2D eigenvalue weighted by Crippen LogP contribution is -2.16. The highest BCUT2D eigenvalue weighted by Gasteiger charge is 2.24. The van der Waals surface area contributed by atoms with Gasteiger partial charge in [-0.15, -0.1) is 0 Å². The van der Waals surface area contributed by atoms with Gasteiger partial charge in [0.1, 0.15) is 0 Å². The Morgan fingerprint density at radius 2 is 1.64 bits per heavy atom. The Morgan fingerprint density at radius 1 is 1.09 bits per heavy atom. The SMILES string of the molecule is CC1(CCO)CCCCCC1. The van der Waals surface area contributed by atoms with E-state index in [9.17, 15) is 0 Å². The standard InChI is InChI=1S/C10H20O/c1-10(8-9-11)6-4-2-3-5-7-10/h11H,2-9H2,1H3. The fourth-order valence-electron chi connectivity index (χ4n) is 2.10. The van der Waals surface area contributed by atoms with Crippen LogP contribution in [-0.4, -0.2) is 11.7 Å².